The van der Waals surface area contributed by atoms with Gasteiger partial charge in [-0.2, -0.15) is 0 Å². The van der Waals surface area contributed by atoms with Crippen LogP contribution in [-0.4, -0.2) is 25.6 Å². The highest BCUT2D eigenvalue weighted by atomic mass is 16.5. The third kappa shape index (κ3) is 3.15. The maximum absolute atomic E-state index is 12.8. The number of cyclic esters (lactones) is 1. The number of aromatic amines is 1. The van der Waals surface area contributed by atoms with E-state index in [0.717, 1.165) is 5.56 Å². The summed E-state index contributed by atoms with van der Waals surface area (Å²) in [7, 11) is 0. The molecule has 2 N–H and O–H groups in total. The van der Waals surface area contributed by atoms with Crippen LogP contribution in [-0.2, 0) is 22.7 Å². The van der Waals surface area contributed by atoms with Crippen LogP contribution in [0.15, 0.2) is 34.0 Å². The summed E-state index contributed by atoms with van der Waals surface area (Å²) in [6, 6.07) is 5.02. The fraction of sp³-hybridized carbons (Fsp3) is 0.333. The van der Waals surface area contributed by atoms with Crippen molar-refractivity contribution in [1.29, 1.82) is 0 Å². The molecule has 1 unspecified atom stereocenters. The number of aromatic nitrogens is 3. The molecule has 0 saturated heterocycles. The van der Waals surface area contributed by atoms with Crippen molar-refractivity contribution < 1.29 is 14.6 Å². The number of hydrogen-bond donors (Lipinski definition) is 2. The molecule has 3 aromatic heterocycles. The van der Waals surface area contributed by atoms with Gasteiger partial charge in [-0.3, -0.25) is 9.59 Å². The number of nitrogens with zero attached hydrogens (tertiary/aromatic N) is 2. The predicted octanol–water partition coefficient (Wildman–Crippen LogP) is 2.26. The Kier molecular flexibility index (Phi) is 5.65. The molecule has 0 aromatic carbocycles. The monoisotopic (exact) mass is 397 g/mol. The molecular weight excluding hydrogens is 374 g/mol. The van der Waals surface area contributed by atoms with Gasteiger partial charge < -0.3 is 19.4 Å². The first kappa shape index (κ1) is 20.5. The molecule has 1 atom stereocenters. The Balaban J connectivity index is 0.000000568. The molecule has 5 heterocycles. The molecule has 0 saturated carbocycles. The number of nitrogens with one attached hydrogen (secondary N) is 1. The minimum Gasteiger partial charge on any atom is -0.458 e. The van der Waals surface area contributed by atoms with Crippen molar-refractivity contribution in [1.82, 2.24) is 14.5 Å². The Hall–Kier alpha value is -3.26. The van der Waals surface area contributed by atoms with Crippen LogP contribution in [0.25, 0.3) is 22.3 Å². The SMILES string of the molecule is CC.CC.O=C1OCc2c(cc3n(c2=O)Cc2cc4c(=O)[nH]ccc4nc2-3)C1O. The summed E-state index contributed by atoms with van der Waals surface area (Å²) < 4.78 is 6.37. The van der Waals surface area contributed by atoms with E-state index in [4.69, 9.17) is 4.74 Å². The molecule has 8 nitrogen and oxygen atoms in total. The Bertz CT molecular complexity index is 1210. The number of hydrogen-bond acceptors (Lipinski definition) is 6. The molecule has 0 aliphatic carbocycles. The standard InChI is InChI=1S/C17H11N3O5.2C2H6/c21-14-8-4-12-13-7(3-9-11(19-13)1-2-18-15(9)22)5-20(12)16(23)10(8)6-25-17(14)24;2*1-2/h1-4,14,21H,5-6H2,(H,18,22);2*1-2H3. The van der Waals surface area contributed by atoms with Gasteiger partial charge in [0.2, 0.25) is 0 Å². The van der Waals surface area contributed by atoms with Crippen LogP contribution in [0.5, 0.6) is 0 Å². The van der Waals surface area contributed by atoms with Crippen LogP contribution in [0.2, 0.25) is 0 Å². The summed E-state index contributed by atoms with van der Waals surface area (Å²) in [5.74, 6) is -0.770. The first-order valence-electron chi connectivity index (χ1n) is 9.67. The number of aliphatic hydroxyl groups is 1. The van der Waals surface area contributed by atoms with E-state index in [-0.39, 0.29) is 35.4 Å². The summed E-state index contributed by atoms with van der Waals surface area (Å²) in [4.78, 5) is 43.4. The van der Waals surface area contributed by atoms with Gasteiger partial charge in [-0.05, 0) is 18.2 Å². The lowest BCUT2D eigenvalue weighted by molar-refractivity contribution is -0.157. The number of ether oxygens (including phenoxy) is 1. The highest BCUT2D eigenvalue weighted by Crippen LogP contribution is 2.34. The Morgan fingerprint density at radius 3 is 2.62 bits per heavy atom. The highest BCUT2D eigenvalue weighted by molar-refractivity contribution is 5.84. The quantitative estimate of drug-likeness (QED) is 0.440. The second kappa shape index (κ2) is 8.00. The number of aliphatic hydroxyl groups excluding tert-OH is 1. The Morgan fingerprint density at radius 1 is 1.17 bits per heavy atom. The lowest BCUT2D eigenvalue weighted by Gasteiger charge is -2.21. The van der Waals surface area contributed by atoms with Gasteiger partial charge in [-0.1, -0.05) is 27.7 Å². The van der Waals surface area contributed by atoms with E-state index in [2.05, 4.69) is 9.97 Å². The van der Waals surface area contributed by atoms with E-state index in [1.54, 1.807) is 18.2 Å². The first-order chi connectivity index (χ1) is 14.0. The molecule has 0 amide bonds. The summed E-state index contributed by atoms with van der Waals surface area (Å²) in [6.07, 6.45) is 0.0355. The zero-order chi connectivity index (χ0) is 21.3. The normalized spacial score (nSPS) is 15.8. The number of carbonyl (C=O) groups excluding carboxylic acids is 1. The van der Waals surface area contributed by atoms with Crippen LogP contribution in [0.4, 0.5) is 0 Å². The van der Waals surface area contributed by atoms with E-state index in [1.165, 1.54) is 10.8 Å². The summed E-state index contributed by atoms with van der Waals surface area (Å²) in [6.45, 7) is 8.12. The molecule has 2 aliphatic rings. The van der Waals surface area contributed by atoms with Crippen molar-refractivity contribution in [2.75, 3.05) is 0 Å². The molecule has 0 spiro atoms. The molecule has 5 rings (SSSR count). The van der Waals surface area contributed by atoms with Crippen LogP contribution >= 0.6 is 0 Å². The van der Waals surface area contributed by atoms with Crippen molar-refractivity contribution in [2.45, 2.75) is 47.0 Å². The van der Waals surface area contributed by atoms with Gasteiger partial charge in [0.05, 0.1) is 34.4 Å². The van der Waals surface area contributed by atoms with Crippen molar-refractivity contribution >= 4 is 16.9 Å². The average molecular weight is 397 g/mol. The third-order valence-electron chi connectivity index (χ3n) is 4.71. The zero-order valence-electron chi connectivity index (χ0n) is 16.8. The number of carbonyl (C=O) groups is 1. The number of fused-ring (bicyclic) bond motifs is 5. The van der Waals surface area contributed by atoms with Crippen LogP contribution in [0.1, 0.15) is 50.5 Å². The third-order valence-corrected chi connectivity index (χ3v) is 4.71. The molecule has 152 valence electrons. The fourth-order valence-corrected chi connectivity index (χ4v) is 3.46. The van der Waals surface area contributed by atoms with Gasteiger partial charge in [0.1, 0.15) is 6.61 Å². The van der Waals surface area contributed by atoms with E-state index in [1.807, 2.05) is 27.7 Å². The Labute approximate surface area is 166 Å². The van der Waals surface area contributed by atoms with E-state index in [9.17, 15) is 19.5 Å². The number of pyridine rings is 3. The Morgan fingerprint density at radius 2 is 1.90 bits per heavy atom. The second-order valence-corrected chi connectivity index (χ2v) is 6.10. The number of rotatable bonds is 0. The second-order valence-electron chi connectivity index (χ2n) is 6.10. The number of H-pyrrole nitrogens is 1. The smallest absolute Gasteiger partial charge is 0.340 e. The van der Waals surface area contributed by atoms with E-state index in [0.29, 0.717) is 22.3 Å². The van der Waals surface area contributed by atoms with Crippen LogP contribution in [0.3, 0.4) is 0 Å². The molecule has 2 aliphatic heterocycles. The van der Waals surface area contributed by atoms with Crippen molar-refractivity contribution in [3.8, 4) is 11.4 Å². The van der Waals surface area contributed by atoms with Gasteiger partial charge in [-0.25, -0.2) is 9.78 Å². The first-order valence-corrected chi connectivity index (χ1v) is 9.67. The lowest BCUT2D eigenvalue weighted by atomic mass is 10.0. The zero-order valence-corrected chi connectivity index (χ0v) is 16.8. The minimum absolute atomic E-state index is 0.157. The van der Waals surface area contributed by atoms with Crippen molar-refractivity contribution in [2.24, 2.45) is 0 Å². The molecule has 8 heteroatoms. The highest BCUT2D eigenvalue weighted by Gasteiger charge is 2.33. The topological polar surface area (TPSA) is 114 Å². The van der Waals surface area contributed by atoms with E-state index < -0.39 is 12.1 Å². The molecule has 29 heavy (non-hydrogen) atoms. The van der Waals surface area contributed by atoms with Crippen LogP contribution < -0.4 is 11.1 Å². The van der Waals surface area contributed by atoms with Crippen LogP contribution in [0, 0.1) is 0 Å². The van der Waals surface area contributed by atoms with Gasteiger partial charge in [0.25, 0.3) is 11.1 Å². The molecule has 0 radical (unpaired) electrons. The van der Waals surface area contributed by atoms with Gasteiger partial charge in [0, 0.05) is 17.3 Å². The number of esters is 1. The van der Waals surface area contributed by atoms with Gasteiger partial charge in [-0.15, -0.1) is 0 Å². The van der Waals surface area contributed by atoms with Crippen molar-refractivity contribution in [3.63, 3.8) is 0 Å². The largest absolute Gasteiger partial charge is 0.458 e. The summed E-state index contributed by atoms with van der Waals surface area (Å²) in [5, 5.41) is 10.5. The average Bonchev–Trinajstić information content (AvgIpc) is 3.11. The lowest BCUT2D eigenvalue weighted by Crippen LogP contribution is -2.32. The summed E-state index contributed by atoms with van der Waals surface area (Å²) in [5.41, 5.74) is 2.31. The van der Waals surface area contributed by atoms with E-state index >= 15 is 0 Å². The maximum Gasteiger partial charge on any atom is 0.340 e. The molecule has 0 bridgehead atoms. The van der Waals surface area contributed by atoms with Crippen molar-refractivity contribution in [3.05, 3.63) is 61.8 Å². The van der Waals surface area contributed by atoms with Gasteiger partial charge in [0.15, 0.2) is 6.10 Å². The predicted molar refractivity (Wildman–Crippen MR) is 109 cm³/mol. The minimum atomic E-state index is -1.48. The van der Waals surface area contributed by atoms with Gasteiger partial charge >= 0.3 is 5.97 Å². The molecular formula is C21H23N3O5. The summed E-state index contributed by atoms with van der Waals surface area (Å²) >= 11 is 0. The molecule has 3 aromatic rings. The molecule has 0 fully saturated rings. The fourth-order valence-electron chi connectivity index (χ4n) is 3.46. The maximum atomic E-state index is 12.8.